The molecule has 0 aliphatic carbocycles. The summed E-state index contributed by atoms with van der Waals surface area (Å²) in [6, 6.07) is 10.3. The van der Waals surface area contributed by atoms with Gasteiger partial charge in [-0.25, -0.2) is 8.78 Å². The van der Waals surface area contributed by atoms with Gasteiger partial charge in [0, 0.05) is 12.0 Å². The summed E-state index contributed by atoms with van der Waals surface area (Å²) in [5, 5.41) is 64.4. The summed E-state index contributed by atoms with van der Waals surface area (Å²) >= 11 is 0. The van der Waals surface area contributed by atoms with Gasteiger partial charge < -0.3 is 40.1 Å². The molecule has 1 saturated heterocycles. The van der Waals surface area contributed by atoms with Crippen molar-refractivity contribution in [1.29, 1.82) is 0 Å². The van der Waals surface area contributed by atoms with Crippen LogP contribution in [0.5, 0.6) is 5.75 Å². The lowest BCUT2D eigenvalue weighted by Crippen LogP contribution is -2.82. The van der Waals surface area contributed by atoms with Crippen molar-refractivity contribution in [2.24, 2.45) is 0 Å². The van der Waals surface area contributed by atoms with Gasteiger partial charge >= 0.3 is 0 Å². The molecule has 2 aromatic rings. The number of rotatable bonds is 6. The number of alkyl halides is 1. The molecule has 0 radical (unpaired) electrons. The van der Waals surface area contributed by atoms with Gasteiger partial charge in [-0.3, -0.25) is 0 Å². The van der Waals surface area contributed by atoms with E-state index in [1.165, 1.54) is 43.5 Å². The van der Waals surface area contributed by atoms with Crippen molar-refractivity contribution < 1.29 is 48.9 Å². The van der Waals surface area contributed by atoms with Crippen LogP contribution >= 0.6 is 0 Å². The SMILES string of the molecule is COc1ccc(C[C@]2(O)[C@@](O)(c3ccccc3)O[C@](CO)([C@H](C)O)[C@@H](O)[C@@]2(O)F)cc1F. The number of aliphatic hydroxyl groups is 6. The van der Waals surface area contributed by atoms with Crippen molar-refractivity contribution >= 4 is 0 Å². The molecule has 0 aromatic heterocycles. The molecule has 1 aliphatic rings. The zero-order valence-electron chi connectivity index (χ0n) is 17.4. The fraction of sp³-hybridized carbons (Fsp3) is 0.455. The van der Waals surface area contributed by atoms with Crippen molar-refractivity contribution in [3.8, 4) is 5.75 Å². The van der Waals surface area contributed by atoms with E-state index in [0.29, 0.717) is 0 Å². The van der Waals surface area contributed by atoms with Crippen LogP contribution in [0.2, 0.25) is 0 Å². The van der Waals surface area contributed by atoms with Crippen LogP contribution in [0, 0.1) is 5.82 Å². The van der Waals surface area contributed by atoms with Crippen LogP contribution in [0.3, 0.4) is 0 Å². The monoisotopic (exact) mass is 456 g/mol. The highest BCUT2D eigenvalue weighted by Gasteiger charge is 2.77. The van der Waals surface area contributed by atoms with Gasteiger partial charge in [-0.2, -0.15) is 0 Å². The molecular weight excluding hydrogens is 430 g/mol. The van der Waals surface area contributed by atoms with Gasteiger partial charge in [-0.15, -0.1) is 0 Å². The molecular formula is C22H26F2O8. The third kappa shape index (κ3) is 3.39. The average molecular weight is 456 g/mol. The Kier molecular flexibility index (Phi) is 6.35. The minimum absolute atomic E-state index is 0.0828. The second-order valence-corrected chi connectivity index (χ2v) is 7.98. The normalized spacial score (nSPS) is 36.0. The molecule has 1 aliphatic heterocycles. The first kappa shape index (κ1) is 24.5. The number of ether oxygens (including phenoxy) is 2. The third-order valence-electron chi connectivity index (χ3n) is 6.10. The van der Waals surface area contributed by atoms with Crippen molar-refractivity contribution in [2.75, 3.05) is 13.7 Å². The first-order chi connectivity index (χ1) is 14.9. The van der Waals surface area contributed by atoms with E-state index in [4.69, 9.17) is 9.47 Å². The average Bonchev–Trinajstić information content (AvgIpc) is 2.76. The Morgan fingerprint density at radius 1 is 1.12 bits per heavy atom. The molecule has 8 nitrogen and oxygen atoms in total. The number of aliphatic hydroxyl groups excluding tert-OH is 3. The number of halogens is 2. The number of hydrogen-bond donors (Lipinski definition) is 6. The lowest BCUT2D eigenvalue weighted by atomic mass is 9.67. The van der Waals surface area contributed by atoms with Crippen LogP contribution in [-0.2, 0) is 16.9 Å². The Morgan fingerprint density at radius 2 is 1.75 bits per heavy atom. The maximum absolute atomic E-state index is 15.9. The Hall–Kier alpha value is -2.18. The maximum atomic E-state index is 15.9. The van der Waals surface area contributed by atoms with E-state index < -0.39 is 53.9 Å². The van der Waals surface area contributed by atoms with E-state index in [1.54, 1.807) is 6.07 Å². The number of benzene rings is 2. The second-order valence-electron chi connectivity index (χ2n) is 7.98. The van der Waals surface area contributed by atoms with E-state index in [2.05, 4.69) is 0 Å². The topological polar surface area (TPSA) is 140 Å². The molecule has 32 heavy (non-hydrogen) atoms. The molecule has 0 spiro atoms. The molecule has 0 saturated carbocycles. The van der Waals surface area contributed by atoms with Gasteiger partial charge in [0.1, 0.15) is 6.10 Å². The summed E-state index contributed by atoms with van der Waals surface area (Å²) < 4.78 is 40.5. The predicted molar refractivity (Wildman–Crippen MR) is 107 cm³/mol. The number of methoxy groups -OCH3 is 1. The summed E-state index contributed by atoms with van der Waals surface area (Å²) in [7, 11) is 1.23. The van der Waals surface area contributed by atoms with Gasteiger partial charge in [-0.1, -0.05) is 36.4 Å². The van der Waals surface area contributed by atoms with Crippen LogP contribution in [0.4, 0.5) is 8.78 Å². The largest absolute Gasteiger partial charge is 0.494 e. The molecule has 1 heterocycles. The minimum Gasteiger partial charge on any atom is -0.494 e. The summed E-state index contributed by atoms with van der Waals surface area (Å²) in [6.07, 6.45) is -5.45. The van der Waals surface area contributed by atoms with Crippen LogP contribution in [-0.4, -0.2) is 73.6 Å². The van der Waals surface area contributed by atoms with E-state index in [1.807, 2.05) is 0 Å². The van der Waals surface area contributed by atoms with Crippen molar-refractivity contribution in [2.45, 2.75) is 48.4 Å². The highest BCUT2D eigenvalue weighted by Crippen LogP contribution is 2.54. The number of hydrogen-bond acceptors (Lipinski definition) is 8. The zero-order valence-corrected chi connectivity index (χ0v) is 17.4. The molecule has 0 unspecified atom stereocenters. The first-order valence-electron chi connectivity index (χ1n) is 9.80. The molecule has 2 aromatic carbocycles. The fourth-order valence-corrected chi connectivity index (χ4v) is 4.09. The Balaban J connectivity index is 2.24. The van der Waals surface area contributed by atoms with Gasteiger partial charge in [-0.05, 0) is 24.6 Å². The molecule has 1 fully saturated rings. The van der Waals surface area contributed by atoms with Crippen molar-refractivity contribution in [3.05, 3.63) is 65.5 Å². The lowest BCUT2D eigenvalue weighted by Gasteiger charge is -2.60. The Labute approximate surface area is 182 Å². The smallest absolute Gasteiger partial charge is 0.271 e. The zero-order chi connectivity index (χ0) is 23.9. The van der Waals surface area contributed by atoms with E-state index >= 15 is 4.39 Å². The summed E-state index contributed by atoms with van der Waals surface area (Å²) in [6.45, 7) is -0.176. The van der Waals surface area contributed by atoms with Crippen molar-refractivity contribution in [1.82, 2.24) is 0 Å². The third-order valence-corrected chi connectivity index (χ3v) is 6.10. The lowest BCUT2D eigenvalue weighted by molar-refractivity contribution is -0.481. The van der Waals surface area contributed by atoms with Gasteiger partial charge in [0.05, 0.1) is 19.8 Å². The van der Waals surface area contributed by atoms with Gasteiger partial charge in [0.2, 0.25) is 5.79 Å². The second kappa shape index (κ2) is 8.31. The molecule has 0 amide bonds. The van der Waals surface area contributed by atoms with E-state index in [-0.39, 0.29) is 16.9 Å². The molecule has 3 rings (SSSR count). The first-order valence-corrected chi connectivity index (χ1v) is 9.80. The molecule has 10 heteroatoms. The maximum Gasteiger partial charge on any atom is 0.271 e. The molecule has 0 bridgehead atoms. The minimum atomic E-state index is -4.05. The standard InChI is InChI=1S/C22H26F2O8/c1-13(26)19(12-25)18(27)21(24,29)20(28,11-14-8-9-17(31-2)16(23)10-14)22(30,32-19)15-6-4-3-5-7-15/h3-10,13,18,25-30H,11-12H2,1-2H3/t13-,18+,19+,20+,21-,22+/m0/s1. The molecule has 176 valence electrons. The van der Waals surface area contributed by atoms with Gasteiger partial charge in [0.15, 0.2) is 22.8 Å². The van der Waals surface area contributed by atoms with E-state index in [0.717, 1.165) is 13.0 Å². The van der Waals surface area contributed by atoms with Crippen LogP contribution < -0.4 is 4.74 Å². The van der Waals surface area contributed by atoms with E-state index in [9.17, 15) is 35.0 Å². The Bertz CT molecular complexity index is 956. The fourth-order valence-electron chi connectivity index (χ4n) is 4.09. The van der Waals surface area contributed by atoms with Crippen LogP contribution in [0.25, 0.3) is 0 Å². The van der Waals surface area contributed by atoms with Gasteiger partial charge in [0.25, 0.3) is 5.85 Å². The highest BCUT2D eigenvalue weighted by atomic mass is 19.2. The predicted octanol–water partition coefficient (Wildman–Crippen LogP) is 0.114. The van der Waals surface area contributed by atoms with Crippen LogP contribution in [0.1, 0.15) is 18.1 Å². The summed E-state index contributed by atoms with van der Waals surface area (Å²) in [5.74, 6) is -8.15. The quantitative estimate of drug-likeness (QED) is 0.360. The summed E-state index contributed by atoms with van der Waals surface area (Å²) in [5.41, 5.74) is -6.28. The highest BCUT2D eigenvalue weighted by molar-refractivity contribution is 5.35. The van der Waals surface area contributed by atoms with Crippen LogP contribution in [0.15, 0.2) is 48.5 Å². The summed E-state index contributed by atoms with van der Waals surface area (Å²) in [4.78, 5) is 0. The molecule has 6 N–H and O–H groups in total. The Morgan fingerprint density at radius 3 is 2.25 bits per heavy atom. The molecule has 6 atom stereocenters. The van der Waals surface area contributed by atoms with Crippen molar-refractivity contribution in [3.63, 3.8) is 0 Å².